The number of carbonyl (C=O) groups excluding carboxylic acids is 2. The van der Waals surface area contributed by atoms with Crippen molar-refractivity contribution in [2.45, 2.75) is 20.3 Å². The topological polar surface area (TPSA) is 83.1 Å². The fraction of sp³-hybridized carbons (Fsp3) is 0.310. The molecule has 8 heteroatoms. The van der Waals surface area contributed by atoms with Crippen LogP contribution in [0.2, 0.25) is 0 Å². The maximum atomic E-state index is 12.9. The van der Waals surface area contributed by atoms with Crippen LogP contribution in [0.5, 0.6) is 5.75 Å². The van der Waals surface area contributed by atoms with Crippen molar-refractivity contribution in [2.75, 3.05) is 60.3 Å². The quantitative estimate of drug-likeness (QED) is 0.401. The van der Waals surface area contributed by atoms with E-state index in [9.17, 15) is 9.59 Å². The number of nitrogens with one attached hydrogen (secondary N) is 2. The van der Waals surface area contributed by atoms with Crippen LogP contribution in [0.25, 0.3) is 0 Å². The number of hydrogen-bond acceptors (Lipinski definition) is 6. The third kappa shape index (κ3) is 6.33. The minimum absolute atomic E-state index is 0.280. The van der Waals surface area contributed by atoms with Crippen LogP contribution in [0.4, 0.5) is 27.5 Å². The molecule has 37 heavy (non-hydrogen) atoms. The Balaban J connectivity index is 1.52. The molecule has 0 bridgehead atoms. The maximum absolute atomic E-state index is 12.9. The van der Waals surface area contributed by atoms with Gasteiger partial charge in [0.1, 0.15) is 5.75 Å². The zero-order valence-corrected chi connectivity index (χ0v) is 21.6. The lowest BCUT2D eigenvalue weighted by molar-refractivity contribution is 0.0526. The van der Waals surface area contributed by atoms with Gasteiger partial charge in [0, 0.05) is 31.9 Å². The summed E-state index contributed by atoms with van der Waals surface area (Å²) in [7, 11) is 1.68. The van der Waals surface area contributed by atoms with E-state index in [1.165, 1.54) is 5.56 Å². The van der Waals surface area contributed by atoms with Crippen LogP contribution in [-0.2, 0) is 11.2 Å². The van der Waals surface area contributed by atoms with Crippen molar-refractivity contribution in [1.29, 1.82) is 0 Å². The van der Waals surface area contributed by atoms with Gasteiger partial charge in [0.05, 0.1) is 36.3 Å². The van der Waals surface area contributed by atoms with Gasteiger partial charge in [-0.25, -0.2) is 9.59 Å². The Hall–Kier alpha value is -4.20. The summed E-state index contributed by atoms with van der Waals surface area (Å²) in [4.78, 5) is 29.8. The second-order valence-corrected chi connectivity index (χ2v) is 8.73. The fourth-order valence-electron chi connectivity index (χ4n) is 4.44. The molecule has 1 aliphatic heterocycles. The summed E-state index contributed by atoms with van der Waals surface area (Å²) in [6, 6.07) is 20.7. The lowest BCUT2D eigenvalue weighted by Gasteiger charge is -2.38. The Labute approximate surface area is 218 Å². The number of piperazine rings is 1. The summed E-state index contributed by atoms with van der Waals surface area (Å²) in [6.45, 7) is 7.19. The van der Waals surface area contributed by atoms with Gasteiger partial charge < -0.3 is 29.9 Å². The lowest BCUT2D eigenvalue weighted by atomic mass is 10.1. The minimum Gasteiger partial charge on any atom is -0.495 e. The molecule has 1 aliphatic rings. The van der Waals surface area contributed by atoms with Crippen molar-refractivity contribution in [3.05, 3.63) is 77.9 Å². The van der Waals surface area contributed by atoms with Crippen LogP contribution < -0.4 is 25.2 Å². The molecule has 0 aromatic heterocycles. The van der Waals surface area contributed by atoms with E-state index in [-0.39, 0.29) is 12.6 Å². The largest absolute Gasteiger partial charge is 0.495 e. The number of benzene rings is 3. The van der Waals surface area contributed by atoms with Crippen LogP contribution in [0.15, 0.2) is 66.7 Å². The van der Waals surface area contributed by atoms with Crippen molar-refractivity contribution in [3.8, 4) is 5.75 Å². The molecule has 1 fully saturated rings. The zero-order valence-electron chi connectivity index (χ0n) is 21.6. The Morgan fingerprint density at radius 2 is 1.51 bits per heavy atom. The van der Waals surface area contributed by atoms with E-state index >= 15 is 0 Å². The van der Waals surface area contributed by atoms with Gasteiger partial charge in [-0.15, -0.1) is 0 Å². The van der Waals surface area contributed by atoms with Crippen molar-refractivity contribution < 1.29 is 19.1 Å². The summed E-state index contributed by atoms with van der Waals surface area (Å²) in [6.07, 6.45) is 0.931. The van der Waals surface area contributed by atoms with Crippen LogP contribution in [0.3, 0.4) is 0 Å². The van der Waals surface area contributed by atoms with Gasteiger partial charge in [0.2, 0.25) is 0 Å². The van der Waals surface area contributed by atoms with E-state index in [4.69, 9.17) is 9.47 Å². The van der Waals surface area contributed by atoms with E-state index in [1.807, 2.05) is 48.5 Å². The number of carbonyl (C=O) groups is 2. The van der Waals surface area contributed by atoms with Gasteiger partial charge in [-0.1, -0.05) is 31.2 Å². The Kier molecular flexibility index (Phi) is 8.51. The molecule has 0 atom stereocenters. The summed E-state index contributed by atoms with van der Waals surface area (Å²) in [5.74, 6) is 0.425. The number of nitrogens with zero attached hydrogens (tertiary/aromatic N) is 2. The molecule has 4 rings (SSSR count). The first-order chi connectivity index (χ1) is 18.0. The lowest BCUT2D eigenvalue weighted by Crippen LogP contribution is -2.47. The first-order valence-electron chi connectivity index (χ1n) is 12.6. The Morgan fingerprint density at radius 1 is 0.838 bits per heavy atom. The SMILES string of the molecule is CCOC(=O)c1ccc(N2CCN(c3ccccc3OC)CC2)c(NC(=O)Nc2ccc(CC)cc2)c1. The average Bonchev–Trinajstić information content (AvgIpc) is 2.93. The van der Waals surface area contributed by atoms with E-state index in [0.717, 1.165) is 49.7 Å². The number of aryl methyl sites for hydroxylation is 1. The molecule has 194 valence electrons. The van der Waals surface area contributed by atoms with Crippen molar-refractivity contribution in [1.82, 2.24) is 0 Å². The Bertz CT molecular complexity index is 1220. The first-order valence-corrected chi connectivity index (χ1v) is 12.6. The summed E-state index contributed by atoms with van der Waals surface area (Å²) in [5, 5.41) is 5.83. The molecular formula is C29H34N4O4. The molecule has 2 N–H and O–H groups in total. The van der Waals surface area contributed by atoms with Crippen LogP contribution in [-0.4, -0.2) is 51.9 Å². The number of ether oxygens (including phenoxy) is 2. The van der Waals surface area contributed by atoms with Crippen molar-refractivity contribution in [3.63, 3.8) is 0 Å². The molecule has 0 spiro atoms. The van der Waals surface area contributed by atoms with E-state index in [1.54, 1.807) is 26.2 Å². The summed E-state index contributed by atoms with van der Waals surface area (Å²) < 4.78 is 10.7. The molecule has 2 amide bonds. The van der Waals surface area contributed by atoms with E-state index in [2.05, 4.69) is 33.4 Å². The molecule has 3 aromatic rings. The number of anilines is 4. The molecule has 0 saturated carbocycles. The van der Waals surface area contributed by atoms with Crippen LogP contribution in [0, 0.1) is 0 Å². The van der Waals surface area contributed by atoms with Gasteiger partial charge >= 0.3 is 12.0 Å². The summed E-state index contributed by atoms with van der Waals surface area (Å²) in [5.41, 5.74) is 4.75. The predicted molar refractivity (Wildman–Crippen MR) is 148 cm³/mol. The predicted octanol–water partition coefficient (Wildman–Crippen LogP) is 5.40. The molecule has 1 saturated heterocycles. The number of rotatable bonds is 8. The zero-order chi connectivity index (χ0) is 26.2. The molecule has 0 unspecified atom stereocenters. The highest BCUT2D eigenvalue weighted by molar-refractivity contribution is 6.03. The molecular weight excluding hydrogens is 468 g/mol. The standard InChI is InChI=1S/C29H34N4O4/c1-4-21-10-13-23(14-11-21)30-29(35)31-24-20-22(28(34)37-5-2)12-15-25(24)32-16-18-33(19-17-32)26-8-6-7-9-27(26)36-3/h6-15,20H,4-5,16-19H2,1-3H3,(H2,30,31,35). The number of esters is 1. The fourth-order valence-corrected chi connectivity index (χ4v) is 4.44. The summed E-state index contributed by atoms with van der Waals surface area (Å²) >= 11 is 0. The van der Waals surface area contributed by atoms with E-state index < -0.39 is 5.97 Å². The highest BCUT2D eigenvalue weighted by Gasteiger charge is 2.23. The smallest absolute Gasteiger partial charge is 0.338 e. The first kappa shape index (κ1) is 25.9. The Morgan fingerprint density at radius 3 is 2.16 bits per heavy atom. The van der Waals surface area contributed by atoms with Gasteiger partial charge in [-0.05, 0) is 61.4 Å². The average molecular weight is 503 g/mol. The molecule has 8 nitrogen and oxygen atoms in total. The van der Waals surface area contributed by atoms with Gasteiger partial charge in [-0.2, -0.15) is 0 Å². The number of hydrogen-bond donors (Lipinski definition) is 2. The van der Waals surface area contributed by atoms with Crippen LogP contribution in [0.1, 0.15) is 29.8 Å². The number of urea groups is 1. The highest BCUT2D eigenvalue weighted by atomic mass is 16.5. The normalized spacial score (nSPS) is 13.2. The highest BCUT2D eigenvalue weighted by Crippen LogP contribution is 2.32. The second kappa shape index (κ2) is 12.2. The number of methoxy groups -OCH3 is 1. The second-order valence-electron chi connectivity index (χ2n) is 8.73. The molecule has 3 aromatic carbocycles. The number of amides is 2. The molecule has 1 heterocycles. The third-order valence-electron chi connectivity index (χ3n) is 6.42. The van der Waals surface area contributed by atoms with Crippen LogP contribution >= 0.6 is 0 Å². The van der Waals surface area contributed by atoms with Gasteiger partial charge in [-0.3, -0.25) is 0 Å². The number of para-hydroxylation sites is 2. The van der Waals surface area contributed by atoms with Crippen molar-refractivity contribution in [2.24, 2.45) is 0 Å². The maximum Gasteiger partial charge on any atom is 0.338 e. The molecule has 0 aliphatic carbocycles. The van der Waals surface area contributed by atoms with E-state index in [0.29, 0.717) is 16.9 Å². The third-order valence-corrected chi connectivity index (χ3v) is 6.42. The van der Waals surface area contributed by atoms with Crippen molar-refractivity contribution >= 4 is 34.7 Å². The van der Waals surface area contributed by atoms with Gasteiger partial charge in [0.15, 0.2) is 0 Å². The minimum atomic E-state index is -0.423. The van der Waals surface area contributed by atoms with Gasteiger partial charge in [0.25, 0.3) is 0 Å². The monoisotopic (exact) mass is 502 g/mol. The molecule has 0 radical (unpaired) electrons.